The highest BCUT2D eigenvalue weighted by Gasteiger charge is 2.13. The average molecular weight is 319 g/mol. The van der Waals surface area contributed by atoms with E-state index < -0.39 is 0 Å². The van der Waals surface area contributed by atoms with Crippen LogP contribution in [0.2, 0.25) is 0 Å². The Morgan fingerprint density at radius 3 is 2.42 bits per heavy atom. The lowest BCUT2D eigenvalue weighted by molar-refractivity contribution is 0.101. The van der Waals surface area contributed by atoms with E-state index in [1.54, 1.807) is 18.2 Å². The Balaban J connectivity index is 2.01. The molecule has 0 bridgehead atoms. The average Bonchev–Trinajstić information content (AvgIpc) is 2.56. The summed E-state index contributed by atoms with van der Waals surface area (Å²) in [5.74, 6) is 0.730. The van der Waals surface area contributed by atoms with E-state index in [9.17, 15) is 4.79 Å². The van der Waals surface area contributed by atoms with Gasteiger partial charge in [-0.15, -0.1) is 0 Å². The molecule has 1 heterocycles. The Hall–Kier alpha value is -3.28. The number of carbonyl (C=O) groups excluding carboxylic acids is 1. The fraction of sp³-hybridized carbons (Fsp3) is 0.111. The first-order valence-electron chi connectivity index (χ1n) is 7.48. The molecule has 0 amide bonds. The number of nitrogens with zero attached hydrogens (tertiary/aromatic N) is 3. The first-order valence-corrected chi connectivity index (χ1v) is 7.48. The maximum atomic E-state index is 11.8. The van der Waals surface area contributed by atoms with Gasteiger partial charge in [-0.05, 0) is 26.0 Å². The van der Waals surface area contributed by atoms with Gasteiger partial charge < -0.3 is 11.1 Å². The van der Waals surface area contributed by atoms with Gasteiger partial charge in [0.15, 0.2) is 11.6 Å². The zero-order chi connectivity index (χ0) is 17.1. The molecule has 3 rings (SSSR count). The largest absolute Gasteiger partial charge is 0.368 e. The van der Waals surface area contributed by atoms with Gasteiger partial charge in [0.05, 0.1) is 0 Å². The Morgan fingerprint density at radius 1 is 1.00 bits per heavy atom. The van der Waals surface area contributed by atoms with Crippen LogP contribution in [0.15, 0.2) is 48.5 Å². The molecule has 2 aromatic carbocycles. The van der Waals surface area contributed by atoms with Gasteiger partial charge in [0.1, 0.15) is 0 Å². The number of carbonyl (C=O) groups is 1. The monoisotopic (exact) mass is 319 g/mol. The molecule has 0 unspecified atom stereocenters. The molecular formula is C18H17N5O. The van der Waals surface area contributed by atoms with Gasteiger partial charge in [0.25, 0.3) is 0 Å². The number of aryl methyl sites for hydroxylation is 1. The molecule has 6 nitrogen and oxygen atoms in total. The van der Waals surface area contributed by atoms with Crippen molar-refractivity contribution in [2.75, 3.05) is 11.1 Å². The first-order chi connectivity index (χ1) is 11.5. The molecule has 24 heavy (non-hydrogen) atoms. The SMILES string of the molecule is CC(=O)c1ccccc1-c1nc(N)nc(Nc2ccc(C)cc2)n1. The topological polar surface area (TPSA) is 93.8 Å². The number of Topliss-reactive ketones (excluding diaryl/α,β-unsaturated/α-hetero) is 1. The van der Waals surface area contributed by atoms with Crippen LogP contribution in [0.3, 0.4) is 0 Å². The van der Waals surface area contributed by atoms with Crippen LogP contribution < -0.4 is 11.1 Å². The smallest absolute Gasteiger partial charge is 0.232 e. The van der Waals surface area contributed by atoms with Crippen molar-refractivity contribution in [1.29, 1.82) is 0 Å². The van der Waals surface area contributed by atoms with Gasteiger partial charge in [-0.25, -0.2) is 0 Å². The molecule has 120 valence electrons. The molecule has 3 N–H and O–H groups in total. The molecule has 0 spiro atoms. The molecule has 3 aromatic rings. The zero-order valence-electron chi connectivity index (χ0n) is 13.4. The van der Waals surface area contributed by atoms with E-state index in [1.807, 2.05) is 37.3 Å². The van der Waals surface area contributed by atoms with Crippen LogP contribution in [0.25, 0.3) is 11.4 Å². The number of aromatic nitrogens is 3. The Morgan fingerprint density at radius 2 is 1.71 bits per heavy atom. The molecule has 0 fully saturated rings. The Kier molecular flexibility index (Phi) is 4.20. The highest BCUT2D eigenvalue weighted by atomic mass is 16.1. The van der Waals surface area contributed by atoms with Gasteiger partial charge in [-0.3, -0.25) is 4.79 Å². The van der Waals surface area contributed by atoms with Crippen LogP contribution in [0.5, 0.6) is 0 Å². The lowest BCUT2D eigenvalue weighted by Crippen LogP contribution is -2.06. The number of nitrogens with two attached hydrogens (primary N) is 1. The predicted molar refractivity (Wildman–Crippen MR) is 94.1 cm³/mol. The summed E-state index contributed by atoms with van der Waals surface area (Å²) in [5.41, 5.74) is 8.99. The molecule has 0 aliphatic heterocycles. The molecule has 0 saturated heterocycles. The second-order valence-electron chi connectivity index (χ2n) is 5.43. The number of nitrogens with one attached hydrogen (secondary N) is 1. The van der Waals surface area contributed by atoms with Gasteiger partial charge in [-0.1, -0.05) is 42.0 Å². The fourth-order valence-corrected chi connectivity index (χ4v) is 2.32. The second kappa shape index (κ2) is 6.45. The zero-order valence-corrected chi connectivity index (χ0v) is 13.4. The molecule has 0 radical (unpaired) electrons. The van der Waals surface area contributed by atoms with Crippen molar-refractivity contribution in [3.63, 3.8) is 0 Å². The fourth-order valence-electron chi connectivity index (χ4n) is 2.32. The first kappa shape index (κ1) is 15.6. The van der Waals surface area contributed by atoms with Crippen LogP contribution in [-0.2, 0) is 0 Å². The van der Waals surface area contributed by atoms with Gasteiger partial charge in [0.2, 0.25) is 11.9 Å². The van der Waals surface area contributed by atoms with Crippen molar-refractivity contribution in [2.24, 2.45) is 0 Å². The summed E-state index contributed by atoms with van der Waals surface area (Å²) >= 11 is 0. The third-order valence-corrected chi connectivity index (χ3v) is 3.51. The Labute approximate surface area is 139 Å². The number of rotatable bonds is 4. The van der Waals surface area contributed by atoms with Crippen molar-refractivity contribution >= 4 is 23.4 Å². The molecule has 0 aliphatic rings. The summed E-state index contributed by atoms with van der Waals surface area (Å²) < 4.78 is 0. The second-order valence-corrected chi connectivity index (χ2v) is 5.43. The third kappa shape index (κ3) is 3.38. The number of nitrogen functional groups attached to an aromatic ring is 1. The van der Waals surface area contributed by atoms with Crippen LogP contribution >= 0.6 is 0 Å². The van der Waals surface area contributed by atoms with E-state index in [-0.39, 0.29) is 11.7 Å². The van der Waals surface area contributed by atoms with Gasteiger partial charge in [-0.2, -0.15) is 15.0 Å². The molecule has 1 aromatic heterocycles. The molecule has 6 heteroatoms. The molecule has 0 aliphatic carbocycles. The van der Waals surface area contributed by atoms with E-state index in [0.29, 0.717) is 22.9 Å². The molecule has 0 saturated carbocycles. The van der Waals surface area contributed by atoms with Crippen LogP contribution in [0.1, 0.15) is 22.8 Å². The highest BCUT2D eigenvalue weighted by Crippen LogP contribution is 2.23. The maximum Gasteiger partial charge on any atom is 0.232 e. The predicted octanol–water partition coefficient (Wildman–Crippen LogP) is 3.38. The molecular weight excluding hydrogens is 302 g/mol. The number of hydrogen-bond donors (Lipinski definition) is 2. The van der Waals surface area contributed by atoms with Crippen molar-refractivity contribution in [1.82, 2.24) is 15.0 Å². The normalized spacial score (nSPS) is 10.4. The van der Waals surface area contributed by atoms with E-state index >= 15 is 0 Å². The number of hydrogen-bond acceptors (Lipinski definition) is 6. The lowest BCUT2D eigenvalue weighted by atomic mass is 10.0. The van der Waals surface area contributed by atoms with Crippen LogP contribution in [-0.4, -0.2) is 20.7 Å². The standard InChI is InChI=1S/C18H17N5O/c1-11-7-9-13(10-8-11)20-18-22-16(21-17(19)23-18)15-6-4-3-5-14(15)12(2)24/h3-10H,1-2H3,(H3,19,20,21,22,23). The van der Waals surface area contributed by atoms with Crippen molar-refractivity contribution < 1.29 is 4.79 Å². The summed E-state index contributed by atoms with van der Waals surface area (Å²) in [6.45, 7) is 3.52. The van der Waals surface area contributed by atoms with Crippen molar-refractivity contribution in [2.45, 2.75) is 13.8 Å². The third-order valence-electron chi connectivity index (χ3n) is 3.51. The van der Waals surface area contributed by atoms with E-state index in [1.165, 1.54) is 6.92 Å². The highest BCUT2D eigenvalue weighted by molar-refractivity contribution is 6.00. The summed E-state index contributed by atoms with van der Waals surface area (Å²) in [6, 6.07) is 15.0. The molecule has 0 atom stereocenters. The van der Waals surface area contributed by atoms with Crippen LogP contribution in [0.4, 0.5) is 17.6 Å². The number of benzene rings is 2. The van der Waals surface area contributed by atoms with E-state index in [4.69, 9.17) is 5.73 Å². The Bertz CT molecular complexity index is 890. The van der Waals surface area contributed by atoms with Gasteiger partial charge >= 0.3 is 0 Å². The minimum atomic E-state index is -0.0578. The number of anilines is 3. The maximum absolute atomic E-state index is 11.8. The number of ketones is 1. The van der Waals surface area contributed by atoms with Crippen molar-refractivity contribution in [3.05, 3.63) is 59.7 Å². The van der Waals surface area contributed by atoms with E-state index in [0.717, 1.165) is 11.3 Å². The van der Waals surface area contributed by atoms with Crippen LogP contribution in [0, 0.1) is 6.92 Å². The van der Waals surface area contributed by atoms with Gasteiger partial charge in [0, 0.05) is 16.8 Å². The minimum absolute atomic E-state index is 0.0578. The minimum Gasteiger partial charge on any atom is -0.368 e. The van der Waals surface area contributed by atoms with E-state index in [2.05, 4.69) is 20.3 Å². The summed E-state index contributed by atoms with van der Waals surface area (Å²) in [5, 5.41) is 3.10. The lowest BCUT2D eigenvalue weighted by Gasteiger charge is -2.09. The summed E-state index contributed by atoms with van der Waals surface area (Å²) in [6.07, 6.45) is 0. The quantitative estimate of drug-likeness (QED) is 0.716. The summed E-state index contributed by atoms with van der Waals surface area (Å²) in [7, 11) is 0. The summed E-state index contributed by atoms with van der Waals surface area (Å²) in [4.78, 5) is 24.5. The van der Waals surface area contributed by atoms with Crippen molar-refractivity contribution in [3.8, 4) is 11.4 Å².